The quantitative estimate of drug-likeness (QED) is 0.372. The Labute approximate surface area is 159 Å². The summed E-state index contributed by atoms with van der Waals surface area (Å²) in [7, 11) is 0. The Morgan fingerprint density at radius 3 is 1.52 bits per heavy atom. The first-order valence-electron chi connectivity index (χ1n) is 7.56. The molecule has 4 heteroatoms. The SMILES string of the molecule is C.C.C.C.C=CCOC(=O)C(C)(C)CCC.CCCC(C)(C)C(=O)O. The van der Waals surface area contributed by atoms with Crippen LogP contribution in [0, 0.1) is 10.8 Å². The van der Waals surface area contributed by atoms with E-state index in [0.717, 1.165) is 25.7 Å². The van der Waals surface area contributed by atoms with Gasteiger partial charge in [0.15, 0.2) is 0 Å². The number of hydrogen-bond donors (Lipinski definition) is 1. The summed E-state index contributed by atoms with van der Waals surface area (Å²) in [6.07, 6.45) is 5.13. The summed E-state index contributed by atoms with van der Waals surface area (Å²) in [5.74, 6) is -0.839. The van der Waals surface area contributed by atoms with Crippen molar-refractivity contribution in [1.29, 1.82) is 0 Å². The topological polar surface area (TPSA) is 63.6 Å². The highest BCUT2D eigenvalue weighted by molar-refractivity contribution is 5.75. The van der Waals surface area contributed by atoms with Crippen LogP contribution in [0.15, 0.2) is 12.7 Å². The Bertz CT molecular complexity index is 331. The maximum absolute atomic E-state index is 11.3. The molecule has 0 amide bonds. The Balaban J connectivity index is -0.0000000639. The summed E-state index contributed by atoms with van der Waals surface area (Å²) in [6, 6.07) is 0. The number of aliphatic carboxylic acids is 1. The predicted octanol–water partition coefficient (Wildman–Crippen LogP) is 6.98. The number of carboxylic acid groups (broad SMARTS) is 1. The average Bonchev–Trinajstić information content (AvgIpc) is 2.36. The Kier molecular flexibility index (Phi) is 29.6. The van der Waals surface area contributed by atoms with Gasteiger partial charge in [0.1, 0.15) is 6.61 Å². The first-order chi connectivity index (χ1) is 9.55. The van der Waals surface area contributed by atoms with E-state index in [-0.39, 0.29) is 41.1 Å². The van der Waals surface area contributed by atoms with Crippen molar-refractivity contribution in [2.45, 2.75) is 96.9 Å². The third-order valence-corrected chi connectivity index (χ3v) is 3.21. The molecule has 0 fully saturated rings. The van der Waals surface area contributed by atoms with E-state index < -0.39 is 11.4 Å². The van der Waals surface area contributed by atoms with Crippen molar-refractivity contribution >= 4 is 11.9 Å². The van der Waals surface area contributed by atoms with E-state index in [0.29, 0.717) is 6.61 Å². The minimum Gasteiger partial charge on any atom is -0.481 e. The number of rotatable bonds is 8. The van der Waals surface area contributed by atoms with Crippen LogP contribution in [0.25, 0.3) is 0 Å². The molecule has 0 bridgehead atoms. The van der Waals surface area contributed by atoms with E-state index in [1.165, 1.54) is 0 Å². The first kappa shape index (κ1) is 39.0. The molecule has 0 aromatic rings. The molecule has 0 aliphatic rings. The molecule has 0 unspecified atom stereocenters. The standard InChI is InChI=1S/C10H18O2.C7H14O2.4CH4/c1-5-7-10(3,4)9(11)12-8-6-2;1-4-5-7(2,3)6(8)9;;;;/h6H,2,5,7-8H2,1,3-4H3;4-5H2,1-3H3,(H,8,9);4*1H4. The predicted molar refractivity (Wildman–Crippen MR) is 113 cm³/mol. The Morgan fingerprint density at radius 1 is 0.920 bits per heavy atom. The van der Waals surface area contributed by atoms with Crippen molar-refractivity contribution < 1.29 is 19.4 Å². The second-order valence-electron chi connectivity index (χ2n) is 6.46. The largest absolute Gasteiger partial charge is 0.481 e. The van der Waals surface area contributed by atoms with Crippen LogP contribution in [0.4, 0.5) is 0 Å². The zero-order valence-corrected chi connectivity index (χ0v) is 14.5. The number of carboxylic acids is 1. The molecule has 0 aliphatic heterocycles. The van der Waals surface area contributed by atoms with Gasteiger partial charge in [-0.15, -0.1) is 0 Å². The number of carbonyl (C=O) groups is 2. The molecule has 0 saturated carbocycles. The van der Waals surface area contributed by atoms with E-state index in [9.17, 15) is 9.59 Å². The van der Waals surface area contributed by atoms with Gasteiger partial charge in [-0.05, 0) is 40.5 Å². The highest BCUT2D eigenvalue weighted by Gasteiger charge is 2.27. The van der Waals surface area contributed by atoms with E-state index in [1.54, 1.807) is 19.9 Å². The lowest BCUT2D eigenvalue weighted by Gasteiger charge is -2.20. The number of ether oxygens (including phenoxy) is 1. The molecule has 25 heavy (non-hydrogen) atoms. The van der Waals surface area contributed by atoms with Crippen LogP contribution in [0.5, 0.6) is 0 Å². The molecular weight excluding hydrogens is 316 g/mol. The monoisotopic (exact) mass is 364 g/mol. The lowest BCUT2D eigenvalue weighted by atomic mass is 9.88. The van der Waals surface area contributed by atoms with Crippen LogP contribution < -0.4 is 0 Å². The maximum atomic E-state index is 11.3. The Morgan fingerprint density at radius 2 is 1.28 bits per heavy atom. The smallest absolute Gasteiger partial charge is 0.311 e. The van der Waals surface area contributed by atoms with E-state index in [1.807, 2.05) is 20.8 Å². The van der Waals surface area contributed by atoms with Gasteiger partial charge in [-0.1, -0.05) is 69.1 Å². The van der Waals surface area contributed by atoms with Gasteiger partial charge in [0.25, 0.3) is 0 Å². The van der Waals surface area contributed by atoms with Crippen molar-refractivity contribution in [2.75, 3.05) is 6.61 Å². The maximum Gasteiger partial charge on any atom is 0.311 e. The second-order valence-corrected chi connectivity index (χ2v) is 6.46. The fourth-order valence-corrected chi connectivity index (χ4v) is 1.79. The lowest BCUT2D eigenvalue weighted by molar-refractivity contribution is -0.153. The summed E-state index contributed by atoms with van der Waals surface area (Å²) < 4.78 is 4.95. The van der Waals surface area contributed by atoms with Gasteiger partial charge in [-0.25, -0.2) is 0 Å². The van der Waals surface area contributed by atoms with Gasteiger partial charge in [0.05, 0.1) is 10.8 Å². The first-order valence-corrected chi connectivity index (χ1v) is 7.56. The molecule has 0 saturated heterocycles. The molecule has 0 radical (unpaired) electrons. The molecule has 156 valence electrons. The average molecular weight is 365 g/mol. The van der Waals surface area contributed by atoms with Crippen molar-refractivity contribution in [2.24, 2.45) is 10.8 Å². The summed E-state index contributed by atoms with van der Waals surface area (Å²) in [5.41, 5.74) is -0.882. The second kappa shape index (κ2) is 19.0. The molecule has 0 aliphatic carbocycles. The molecule has 1 N–H and O–H groups in total. The molecule has 0 rings (SSSR count). The molecule has 0 aromatic carbocycles. The summed E-state index contributed by atoms with van der Waals surface area (Å²) in [4.78, 5) is 21.8. The highest BCUT2D eigenvalue weighted by Crippen LogP contribution is 2.23. The van der Waals surface area contributed by atoms with Crippen LogP contribution in [-0.4, -0.2) is 23.7 Å². The third kappa shape index (κ3) is 18.9. The minimum atomic E-state index is -0.704. The highest BCUT2D eigenvalue weighted by atomic mass is 16.5. The fraction of sp³-hybridized carbons (Fsp3) is 0.810. The number of carbonyl (C=O) groups excluding carboxylic acids is 1. The van der Waals surface area contributed by atoms with Gasteiger partial charge in [0.2, 0.25) is 0 Å². The van der Waals surface area contributed by atoms with Gasteiger partial charge in [-0.3, -0.25) is 9.59 Å². The zero-order chi connectivity index (χ0) is 17.1. The van der Waals surface area contributed by atoms with E-state index in [4.69, 9.17) is 9.84 Å². The van der Waals surface area contributed by atoms with Gasteiger partial charge in [-0.2, -0.15) is 0 Å². The van der Waals surface area contributed by atoms with Crippen molar-refractivity contribution in [1.82, 2.24) is 0 Å². The van der Waals surface area contributed by atoms with E-state index in [2.05, 4.69) is 13.5 Å². The lowest BCUT2D eigenvalue weighted by Crippen LogP contribution is -2.26. The number of hydrogen-bond acceptors (Lipinski definition) is 3. The van der Waals surface area contributed by atoms with Gasteiger partial charge < -0.3 is 9.84 Å². The van der Waals surface area contributed by atoms with Crippen LogP contribution in [0.3, 0.4) is 0 Å². The molecule has 0 heterocycles. The third-order valence-electron chi connectivity index (χ3n) is 3.21. The molecule has 4 nitrogen and oxygen atoms in total. The molecule has 0 aromatic heterocycles. The summed E-state index contributed by atoms with van der Waals surface area (Å²) in [6.45, 7) is 15.2. The fourth-order valence-electron chi connectivity index (χ4n) is 1.79. The summed E-state index contributed by atoms with van der Waals surface area (Å²) >= 11 is 0. The minimum absolute atomic E-state index is 0. The van der Waals surface area contributed by atoms with Crippen LogP contribution in [-0.2, 0) is 14.3 Å². The van der Waals surface area contributed by atoms with Crippen molar-refractivity contribution in [3.05, 3.63) is 12.7 Å². The van der Waals surface area contributed by atoms with Crippen molar-refractivity contribution in [3.8, 4) is 0 Å². The van der Waals surface area contributed by atoms with Crippen LogP contribution >= 0.6 is 0 Å². The normalized spacial score (nSPS) is 9.36. The van der Waals surface area contributed by atoms with Crippen LogP contribution in [0.1, 0.15) is 96.9 Å². The summed E-state index contributed by atoms with van der Waals surface area (Å²) in [5, 5.41) is 8.57. The van der Waals surface area contributed by atoms with Gasteiger partial charge in [0, 0.05) is 0 Å². The van der Waals surface area contributed by atoms with E-state index >= 15 is 0 Å². The van der Waals surface area contributed by atoms with Crippen LogP contribution in [0.2, 0.25) is 0 Å². The molecule has 0 spiro atoms. The Hall–Kier alpha value is -1.32. The zero-order valence-electron chi connectivity index (χ0n) is 14.5. The number of esters is 1. The van der Waals surface area contributed by atoms with Crippen molar-refractivity contribution in [3.63, 3.8) is 0 Å². The van der Waals surface area contributed by atoms with Gasteiger partial charge >= 0.3 is 11.9 Å². The molecular formula is C21H48O4. The molecule has 0 atom stereocenters.